The zero-order chi connectivity index (χ0) is 18.8. The minimum Gasteiger partial charge on any atom is -0.452 e. The number of carbonyl (C=O) groups is 3. The van der Waals surface area contributed by atoms with Crippen molar-refractivity contribution in [1.29, 1.82) is 0 Å². The van der Waals surface area contributed by atoms with E-state index in [-0.39, 0.29) is 6.54 Å². The zero-order valence-corrected chi connectivity index (χ0v) is 14.4. The summed E-state index contributed by atoms with van der Waals surface area (Å²) in [5.41, 5.74) is 2.32. The molecule has 0 aliphatic carbocycles. The molecule has 2 N–H and O–H groups in total. The number of nitrogens with one attached hydrogen (secondary N) is 2. The van der Waals surface area contributed by atoms with E-state index in [1.165, 1.54) is 7.11 Å². The third-order valence-corrected chi connectivity index (χ3v) is 3.41. The second-order valence-corrected chi connectivity index (χ2v) is 5.32. The molecule has 0 bridgehead atoms. The first-order chi connectivity index (χ1) is 12.6. The van der Waals surface area contributed by atoms with Crippen LogP contribution in [0.1, 0.15) is 10.4 Å². The van der Waals surface area contributed by atoms with Gasteiger partial charge in [0.2, 0.25) is 0 Å². The van der Waals surface area contributed by atoms with Crippen molar-refractivity contribution in [1.82, 2.24) is 10.6 Å². The van der Waals surface area contributed by atoms with Gasteiger partial charge in [0, 0.05) is 13.7 Å². The van der Waals surface area contributed by atoms with Gasteiger partial charge in [0.1, 0.15) is 0 Å². The van der Waals surface area contributed by atoms with Gasteiger partial charge >= 0.3 is 12.0 Å². The third-order valence-electron chi connectivity index (χ3n) is 3.41. The molecular formula is C19H20N2O5. The molecule has 2 rings (SSSR count). The standard InChI is InChI=1S/C19H20N2O5/c1-25-12-11-20-19(24)21-17(22)13-26-18(23)16-9-7-15(8-10-16)14-5-3-2-4-6-14/h2-10H,11-13H2,1H3,(H2,20,21,22,24). The molecule has 0 saturated carbocycles. The van der Waals surface area contributed by atoms with Crippen LogP contribution in [0.3, 0.4) is 0 Å². The van der Waals surface area contributed by atoms with Gasteiger partial charge in [0.25, 0.3) is 5.91 Å². The van der Waals surface area contributed by atoms with Gasteiger partial charge in [-0.15, -0.1) is 0 Å². The molecule has 0 fully saturated rings. The van der Waals surface area contributed by atoms with Gasteiger partial charge in [-0.1, -0.05) is 42.5 Å². The van der Waals surface area contributed by atoms with Gasteiger partial charge in [0.05, 0.1) is 12.2 Å². The summed E-state index contributed by atoms with van der Waals surface area (Å²) in [6, 6.07) is 15.9. The van der Waals surface area contributed by atoms with Crippen LogP contribution in [0.15, 0.2) is 54.6 Å². The lowest BCUT2D eigenvalue weighted by Crippen LogP contribution is -2.42. The highest BCUT2D eigenvalue weighted by molar-refractivity contribution is 5.97. The summed E-state index contributed by atoms with van der Waals surface area (Å²) in [5.74, 6) is -1.35. The smallest absolute Gasteiger partial charge is 0.338 e. The number of amides is 3. The van der Waals surface area contributed by atoms with Crippen LogP contribution in [0, 0.1) is 0 Å². The number of benzene rings is 2. The van der Waals surface area contributed by atoms with Gasteiger partial charge in [-0.2, -0.15) is 0 Å². The Morgan fingerprint density at radius 1 is 0.923 bits per heavy atom. The number of hydrogen-bond acceptors (Lipinski definition) is 5. The SMILES string of the molecule is COCCNC(=O)NC(=O)COC(=O)c1ccc(-c2ccccc2)cc1. The second-order valence-electron chi connectivity index (χ2n) is 5.32. The lowest BCUT2D eigenvalue weighted by Gasteiger charge is -2.07. The maximum absolute atomic E-state index is 12.0. The van der Waals surface area contributed by atoms with Gasteiger partial charge in [-0.05, 0) is 23.3 Å². The highest BCUT2D eigenvalue weighted by Crippen LogP contribution is 2.19. The van der Waals surface area contributed by atoms with Crippen LogP contribution in [0.2, 0.25) is 0 Å². The summed E-state index contributed by atoms with van der Waals surface area (Å²) >= 11 is 0. The van der Waals surface area contributed by atoms with Gasteiger partial charge < -0.3 is 14.8 Å². The van der Waals surface area contributed by atoms with E-state index < -0.39 is 24.5 Å². The molecule has 2 aromatic carbocycles. The number of urea groups is 1. The van der Waals surface area contributed by atoms with Crippen molar-refractivity contribution >= 4 is 17.9 Å². The number of rotatable bonds is 7. The van der Waals surface area contributed by atoms with E-state index in [9.17, 15) is 14.4 Å². The van der Waals surface area contributed by atoms with Gasteiger partial charge in [-0.25, -0.2) is 9.59 Å². The molecule has 0 aliphatic heterocycles. The predicted octanol–water partition coefficient (Wildman–Crippen LogP) is 1.98. The average Bonchev–Trinajstić information content (AvgIpc) is 2.67. The third kappa shape index (κ3) is 6.03. The highest BCUT2D eigenvalue weighted by Gasteiger charge is 2.12. The normalized spacial score (nSPS) is 10.0. The number of methoxy groups -OCH3 is 1. The number of hydrogen-bond donors (Lipinski definition) is 2. The van der Waals surface area contributed by atoms with E-state index in [1.807, 2.05) is 30.3 Å². The van der Waals surface area contributed by atoms with Crippen LogP contribution in [-0.2, 0) is 14.3 Å². The Balaban J connectivity index is 1.80. The quantitative estimate of drug-likeness (QED) is 0.584. The number of imide groups is 1. The largest absolute Gasteiger partial charge is 0.452 e. The van der Waals surface area contributed by atoms with Crippen molar-refractivity contribution in [3.8, 4) is 11.1 Å². The first-order valence-corrected chi connectivity index (χ1v) is 7.99. The minimum absolute atomic E-state index is 0.267. The Labute approximate surface area is 151 Å². The fourth-order valence-corrected chi connectivity index (χ4v) is 2.12. The first kappa shape index (κ1) is 19.1. The molecule has 0 atom stereocenters. The Hall–Kier alpha value is -3.19. The lowest BCUT2D eigenvalue weighted by atomic mass is 10.0. The molecule has 7 nitrogen and oxygen atoms in total. The molecule has 0 aromatic heterocycles. The molecule has 0 saturated heterocycles. The highest BCUT2D eigenvalue weighted by atomic mass is 16.5. The molecule has 0 unspecified atom stereocenters. The molecular weight excluding hydrogens is 336 g/mol. The van der Waals surface area contributed by atoms with Crippen LogP contribution in [0.25, 0.3) is 11.1 Å². The Morgan fingerprint density at radius 2 is 1.58 bits per heavy atom. The molecule has 136 valence electrons. The van der Waals surface area contributed by atoms with E-state index >= 15 is 0 Å². The van der Waals surface area contributed by atoms with Crippen molar-refractivity contribution in [2.75, 3.05) is 26.9 Å². The molecule has 7 heteroatoms. The van der Waals surface area contributed by atoms with Crippen LogP contribution in [0.4, 0.5) is 4.79 Å². The molecule has 26 heavy (non-hydrogen) atoms. The monoisotopic (exact) mass is 356 g/mol. The Morgan fingerprint density at radius 3 is 2.23 bits per heavy atom. The minimum atomic E-state index is -0.714. The van der Waals surface area contributed by atoms with Crippen LogP contribution < -0.4 is 10.6 Å². The van der Waals surface area contributed by atoms with Crippen molar-refractivity contribution in [2.45, 2.75) is 0 Å². The van der Waals surface area contributed by atoms with E-state index in [0.717, 1.165) is 11.1 Å². The summed E-state index contributed by atoms with van der Waals surface area (Å²) < 4.78 is 9.67. The van der Waals surface area contributed by atoms with Crippen molar-refractivity contribution in [2.24, 2.45) is 0 Å². The van der Waals surface area contributed by atoms with Crippen molar-refractivity contribution < 1.29 is 23.9 Å². The zero-order valence-electron chi connectivity index (χ0n) is 14.4. The van der Waals surface area contributed by atoms with E-state index in [1.54, 1.807) is 24.3 Å². The van der Waals surface area contributed by atoms with E-state index in [2.05, 4.69) is 10.6 Å². The van der Waals surface area contributed by atoms with Crippen molar-refractivity contribution in [3.05, 3.63) is 60.2 Å². The van der Waals surface area contributed by atoms with Crippen LogP contribution in [0.5, 0.6) is 0 Å². The van der Waals surface area contributed by atoms with E-state index in [0.29, 0.717) is 12.2 Å². The number of carbonyl (C=O) groups excluding carboxylic acids is 3. The van der Waals surface area contributed by atoms with Gasteiger partial charge in [-0.3, -0.25) is 10.1 Å². The number of ether oxygens (including phenoxy) is 2. The fraction of sp³-hybridized carbons (Fsp3) is 0.211. The number of esters is 1. The maximum Gasteiger partial charge on any atom is 0.338 e. The van der Waals surface area contributed by atoms with Crippen LogP contribution in [-0.4, -0.2) is 44.8 Å². The summed E-state index contributed by atoms with van der Waals surface area (Å²) in [6.07, 6.45) is 0. The lowest BCUT2D eigenvalue weighted by molar-refractivity contribution is -0.123. The molecule has 2 aromatic rings. The summed E-state index contributed by atoms with van der Waals surface area (Å²) in [6.45, 7) is 0.0513. The molecule has 0 spiro atoms. The predicted molar refractivity (Wildman–Crippen MR) is 95.6 cm³/mol. The Kier molecular flexibility index (Phi) is 7.32. The van der Waals surface area contributed by atoms with Gasteiger partial charge in [0.15, 0.2) is 6.61 Å². The van der Waals surface area contributed by atoms with E-state index in [4.69, 9.17) is 9.47 Å². The first-order valence-electron chi connectivity index (χ1n) is 7.99. The maximum atomic E-state index is 12.0. The van der Waals surface area contributed by atoms with Crippen LogP contribution >= 0.6 is 0 Å². The molecule has 3 amide bonds. The second kappa shape index (κ2) is 9.95. The Bertz CT molecular complexity index is 744. The average molecular weight is 356 g/mol. The molecule has 0 radical (unpaired) electrons. The fourth-order valence-electron chi connectivity index (χ4n) is 2.12. The molecule has 0 aliphatic rings. The summed E-state index contributed by atoms with van der Waals surface area (Å²) in [4.78, 5) is 34.9. The summed E-state index contributed by atoms with van der Waals surface area (Å²) in [7, 11) is 1.50. The van der Waals surface area contributed by atoms with Crippen molar-refractivity contribution in [3.63, 3.8) is 0 Å². The molecule has 0 heterocycles. The summed E-state index contributed by atoms with van der Waals surface area (Å²) in [5, 5.41) is 4.47. The topological polar surface area (TPSA) is 93.7 Å².